The number of amides is 1. The molecule has 0 aliphatic carbocycles. The Hall–Kier alpha value is -3.94. The highest BCUT2D eigenvalue weighted by Crippen LogP contribution is 2.34. The summed E-state index contributed by atoms with van der Waals surface area (Å²) >= 11 is 0. The molecule has 8 heteroatoms. The Morgan fingerprint density at radius 3 is 2.32 bits per heavy atom. The molecule has 0 fully saturated rings. The predicted molar refractivity (Wildman–Crippen MR) is 111 cm³/mol. The molecule has 156 valence electrons. The molecule has 1 N–H and O–H groups in total. The van der Waals surface area contributed by atoms with E-state index in [9.17, 15) is 18.0 Å². The molecule has 4 aromatic rings. The molecule has 0 aliphatic heterocycles. The van der Waals surface area contributed by atoms with E-state index in [1.165, 1.54) is 18.2 Å². The van der Waals surface area contributed by atoms with Gasteiger partial charge < -0.3 is 10.1 Å². The summed E-state index contributed by atoms with van der Waals surface area (Å²) in [7, 11) is 0. The van der Waals surface area contributed by atoms with Crippen molar-refractivity contribution >= 4 is 22.6 Å². The number of aromatic nitrogens is 2. The van der Waals surface area contributed by atoms with Crippen LogP contribution in [0.5, 0.6) is 5.75 Å². The third kappa shape index (κ3) is 4.80. The Morgan fingerprint density at radius 1 is 0.903 bits per heavy atom. The topological polar surface area (TPSA) is 64.1 Å². The van der Waals surface area contributed by atoms with E-state index in [2.05, 4.69) is 15.3 Å². The number of nitrogens with zero attached hydrogens (tertiary/aromatic N) is 2. The minimum Gasteiger partial charge on any atom is -0.484 e. The van der Waals surface area contributed by atoms with Gasteiger partial charge in [-0.2, -0.15) is 13.2 Å². The largest absolute Gasteiger partial charge is 0.484 e. The normalized spacial score (nSPS) is 11.3. The highest BCUT2D eigenvalue weighted by atomic mass is 19.4. The van der Waals surface area contributed by atoms with Gasteiger partial charge in [-0.15, -0.1) is 0 Å². The summed E-state index contributed by atoms with van der Waals surface area (Å²) in [5.74, 6) is -0.294. The van der Waals surface area contributed by atoms with Crippen LogP contribution >= 0.6 is 0 Å². The molecule has 0 radical (unpaired) electrons. The van der Waals surface area contributed by atoms with Crippen LogP contribution in [0.25, 0.3) is 22.3 Å². The molecule has 31 heavy (non-hydrogen) atoms. The van der Waals surface area contributed by atoms with Crippen LogP contribution in [-0.2, 0) is 11.0 Å². The van der Waals surface area contributed by atoms with Gasteiger partial charge in [0.25, 0.3) is 5.91 Å². The van der Waals surface area contributed by atoms with Gasteiger partial charge in [0.2, 0.25) is 0 Å². The van der Waals surface area contributed by atoms with E-state index in [0.29, 0.717) is 11.4 Å². The van der Waals surface area contributed by atoms with Crippen molar-refractivity contribution < 1.29 is 22.7 Å². The van der Waals surface area contributed by atoms with E-state index >= 15 is 0 Å². The molecule has 1 heterocycles. The van der Waals surface area contributed by atoms with Crippen LogP contribution in [0.3, 0.4) is 0 Å². The highest BCUT2D eigenvalue weighted by Gasteiger charge is 2.33. The van der Waals surface area contributed by atoms with Crippen LogP contribution in [0.2, 0.25) is 0 Å². The molecule has 0 bridgehead atoms. The maximum atomic E-state index is 13.0. The summed E-state index contributed by atoms with van der Waals surface area (Å²) in [5.41, 5.74) is 1.85. The predicted octanol–water partition coefficient (Wildman–Crippen LogP) is 5.33. The Labute approximate surface area is 175 Å². The van der Waals surface area contributed by atoms with Crippen LogP contribution in [0.1, 0.15) is 5.56 Å². The second kappa shape index (κ2) is 8.43. The quantitative estimate of drug-likeness (QED) is 0.471. The van der Waals surface area contributed by atoms with Gasteiger partial charge in [-0.05, 0) is 48.5 Å². The summed E-state index contributed by atoms with van der Waals surface area (Å²) in [4.78, 5) is 21.0. The molecule has 0 saturated heterocycles. The molecule has 4 rings (SSSR count). The first-order valence-corrected chi connectivity index (χ1v) is 9.31. The van der Waals surface area contributed by atoms with E-state index in [1.54, 1.807) is 30.5 Å². The van der Waals surface area contributed by atoms with E-state index in [0.717, 1.165) is 22.7 Å². The molecule has 1 aromatic heterocycles. The van der Waals surface area contributed by atoms with E-state index in [4.69, 9.17) is 4.74 Å². The molecule has 0 aliphatic rings. The molecule has 0 spiro atoms. The lowest BCUT2D eigenvalue weighted by atomic mass is 10.1. The average molecular weight is 423 g/mol. The lowest BCUT2D eigenvalue weighted by Gasteiger charge is -2.13. The van der Waals surface area contributed by atoms with Crippen LogP contribution in [0, 0.1) is 0 Å². The number of carbonyl (C=O) groups excluding carboxylic acids is 1. The van der Waals surface area contributed by atoms with Gasteiger partial charge in [0.1, 0.15) is 5.75 Å². The van der Waals surface area contributed by atoms with E-state index < -0.39 is 24.3 Å². The molecule has 0 atom stereocenters. The van der Waals surface area contributed by atoms with Crippen LogP contribution in [0.4, 0.5) is 18.9 Å². The number of carbonyl (C=O) groups is 1. The Bertz CT molecular complexity index is 1220. The third-order valence-electron chi connectivity index (χ3n) is 4.48. The van der Waals surface area contributed by atoms with Crippen molar-refractivity contribution in [3.8, 4) is 17.0 Å². The maximum absolute atomic E-state index is 13.0. The Morgan fingerprint density at radius 2 is 1.58 bits per heavy atom. The molecular formula is C23H16F3N3O2. The Kier molecular flexibility index (Phi) is 5.53. The molecule has 0 unspecified atom stereocenters. The maximum Gasteiger partial charge on any atom is 0.418 e. The zero-order valence-electron chi connectivity index (χ0n) is 16.1. The minimum absolute atomic E-state index is 0.311. The lowest BCUT2D eigenvalue weighted by Crippen LogP contribution is -2.22. The first-order chi connectivity index (χ1) is 14.9. The number of anilines is 1. The Balaban J connectivity index is 1.40. The van der Waals surface area contributed by atoms with Crippen LogP contribution in [0.15, 0.2) is 79.0 Å². The van der Waals surface area contributed by atoms with Gasteiger partial charge in [-0.25, -0.2) is 4.98 Å². The number of benzene rings is 3. The summed E-state index contributed by atoms with van der Waals surface area (Å²) in [5, 5.41) is 2.24. The molecule has 1 amide bonds. The number of nitrogens with one attached hydrogen (secondary N) is 1. The first kappa shape index (κ1) is 20.3. The minimum atomic E-state index is -4.56. The third-order valence-corrected chi connectivity index (χ3v) is 4.48. The smallest absolute Gasteiger partial charge is 0.418 e. The van der Waals surface area contributed by atoms with Crippen molar-refractivity contribution in [1.82, 2.24) is 9.97 Å². The van der Waals surface area contributed by atoms with Crippen LogP contribution < -0.4 is 10.1 Å². The summed E-state index contributed by atoms with van der Waals surface area (Å²) < 4.78 is 44.5. The molecule has 0 saturated carbocycles. The van der Waals surface area contributed by atoms with Gasteiger partial charge in [-0.3, -0.25) is 9.78 Å². The van der Waals surface area contributed by atoms with Gasteiger partial charge in [0, 0.05) is 5.56 Å². The zero-order chi connectivity index (χ0) is 21.8. The molecule has 3 aromatic carbocycles. The lowest BCUT2D eigenvalue weighted by molar-refractivity contribution is -0.137. The summed E-state index contributed by atoms with van der Waals surface area (Å²) in [6.07, 6.45) is -2.89. The van der Waals surface area contributed by atoms with E-state index in [1.807, 2.05) is 24.3 Å². The van der Waals surface area contributed by atoms with Crippen LogP contribution in [-0.4, -0.2) is 22.5 Å². The van der Waals surface area contributed by atoms with Crippen molar-refractivity contribution in [2.75, 3.05) is 11.9 Å². The zero-order valence-corrected chi connectivity index (χ0v) is 16.1. The fraction of sp³-hybridized carbons (Fsp3) is 0.0870. The monoisotopic (exact) mass is 423 g/mol. The molecular weight excluding hydrogens is 407 g/mol. The van der Waals surface area contributed by atoms with Crippen molar-refractivity contribution in [2.45, 2.75) is 6.18 Å². The number of para-hydroxylation sites is 3. The van der Waals surface area contributed by atoms with Gasteiger partial charge in [0.15, 0.2) is 6.61 Å². The number of halogens is 3. The van der Waals surface area contributed by atoms with Crippen molar-refractivity contribution in [3.05, 3.63) is 84.6 Å². The number of ether oxygens (including phenoxy) is 1. The first-order valence-electron chi connectivity index (χ1n) is 9.31. The average Bonchev–Trinajstić information content (AvgIpc) is 2.77. The number of fused-ring (bicyclic) bond motifs is 1. The SMILES string of the molecule is O=C(COc1ccc(-c2cnc3ccccc3n2)cc1)Nc1ccccc1C(F)(F)F. The van der Waals surface area contributed by atoms with Crippen molar-refractivity contribution in [2.24, 2.45) is 0 Å². The van der Waals surface area contributed by atoms with Crippen molar-refractivity contribution in [3.63, 3.8) is 0 Å². The second-order valence-corrected chi connectivity index (χ2v) is 6.65. The molecule has 5 nitrogen and oxygen atoms in total. The van der Waals surface area contributed by atoms with E-state index in [-0.39, 0.29) is 5.69 Å². The standard InChI is InChI=1S/C23H16F3N3O2/c24-23(25,26)17-5-1-2-6-18(17)29-22(30)14-31-16-11-9-15(10-12-16)21-13-27-19-7-3-4-8-20(19)28-21/h1-13H,14H2,(H,29,30). The number of hydrogen-bond donors (Lipinski definition) is 1. The van der Waals surface area contributed by atoms with Gasteiger partial charge in [0.05, 0.1) is 34.2 Å². The highest BCUT2D eigenvalue weighted by molar-refractivity contribution is 5.92. The summed E-state index contributed by atoms with van der Waals surface area (Å²) in [6, 6.07) is 19.2. The number of alkyl halides is 3. The summed E-state index contributed by atoms with van der Waals surface area (Å²) in [6.45, 7) is -0.429. The fourth-order valence-electron chi connectivity index (χ4n) is 2.99. The number of rotatable bonds is 5. The number of hydrogen-bond acceptors (Lipinski definition) is 4. The van der Waals surface area contributed by atoms with Crippen molar-refractivity contribution in [1.29, 1.82) is 0 Å². The second-order valence-electron chi connectivity index (χ2n) is 6.65. The van der Waals surface area contributed by atoms with Gasteiger partial charge in [-0.1, -0.05) is 24.3 Å². The van der Waals surface area contributed by atoms with Gasteiger partial charge >= 0.3 is 6.18 Å². The fourth-order valence-corrected chi connectivity index (χ4v) is 2.99.